The first-order valence-corrected chi connectivity index (χ1v) is 7.52. The number of halogens is 2. The van der Waals surface area contributed by atoms with E-state index in [1.54, 1.807) is 12.3 Å². The van der Waals surface area contributed by atoms with Gasteiger partial charge in [-0.25, -0.2) is 9.37 Å². The third-order valence-corrected chi connectivity index (χ3v) is 4.58. The second kappa shape index (κ2) is 6.37. The maximum atomic E-state index is 13.5. The average Bonchev–Trinajstić information content (AvgIpc) is 2.40. The van der Waals surface area contributed by atoms with Crippen molar-refractivity contribution in [1.82, 2.24) is 4.98 Å². The summed E-state index contributed by atoms with van der Waals surface area (Å²) in [6, 6.07) is 5.91. The summed E-state index contributed by atoms with van der Waals surface area (Å²) in [6.45, 7) is 1.29. The van der Waals surface area contributed by atoms with Crippen molar-refractivity contribution in [3.05, 3.63) is 51.9 Å². The van der Waals surface area contributed by atoms with Crippen LogP contribution in [0.25, 0.3) is 0 Å². The summed E-state index contributed by atoms with van der Waals surface area (Å²) >= 11 is 4.71. The Morgan fingerprint density at radius 3 is 2.90 bits per heavy atom. The topological polar surface area (TPSA) is 50.2 Å². The molecule has 0 bridgehead atoms. The number of nitrogens with zero attached hydrogens (tertiary/aromatic N) is 1. The van der Waals surface area contributed by atoms with Gasteiger partial charge in [0.15, 0.2) is 5.78 Å². The molecule has 6 heteroatoms. The Morgan fingerprint density at radius 2 is 2.25 bits per heavy atom. The molecule has 1 N–H and O–H groups in total. The summed E-state index contributed by atoms with van der Waals surface area (Å²) in [5.74, 6) is -0.756. The van der Waals surface area contributed by atoms with Crippen LogP contribution in [-0.2, 0) is 5.75 Å². The number of thioether (sulfide) groups is 1. The van der Waals surface area contributed by atoms with E-state index in [1.807, 2.05) is 6.07 Å². The van der Waals surface area contributed by atoms with E-state index < -0.39 is 5.82 Å². The first-order valence-electron chi connectivity index (χ1n) is 5.74. The van der Waals surface area contributed by atoms with Crippen molar-refractivity contribution in [1.29, 1.82) is 0 Å². The Bertz CT molecular complexity index is 664. The summed E-state index contributed by atoms with van der Waals surface area (Å²) in [5, 5.41) is 10.7. The predicted molar refractivity (Wildman–Crippen MR) is 79.6 cm³/mol. The van der Waals surface area contributed by atoms with Crippen molar-refractivity contribution >= 4 is 33.5 Å². The lowest BCUT2D eigenvalue weighted by Crippen LogP contribution is -1.97. The van der Waals surface area contributed by atoms with Gasteiger partial charge in [-0.05, 0) is 47.1 Å². The first kappa shape index (κ1) is 15.0. The summed E-state index contributed by atoms with van der Waals surface area (Å²) in [7, 11) is 0. The smallest absolute Gasteiger partial charge is 0.163 e. The van der Waals surface area contributed by atoms with Gasteiger partial charge < -0.3 is 5.11 Å². The van der Waals surface area contributed by atoms with Gasteiger partial charge in [0.25, 0.3) is 0 Å². The lowest BCUT2D eigenvalue weighted by molar-refractivity contribution is 0.101. The standard InChI is InChI=1S/C14H11BrFNO2S/c1-8(18)11-6-10(16)5-9(13(11)19)7-20-14-12(15)3-2-4-17-14/h2-6,19H,7H2,1H3. The van der Waals surface area contributed by atoms with E-state index in [1.165, 1.54) is 24.8 Å². The lowest BCUT2D eigenvalue weighted by Gasteiger charge is -2.08. The molecule has 2 rings (SSSR count). The molecule has 0 saturated carbocycles. The number of benzene rings is 1. The fraction of sp³-hybridized carbons (Fsp3) is 0.143. The average molecular weight is 356 g/mol. The van der Waals surface area contributed by atoms with Crippen LogP contribution in [0.4, 0.5) is 4.39 Å². The second-order valence-electron chi connectivity index (χ2n) is 4.10. The summed E-state index contributed by atoms with van der Waals surface area (Å²) in [4.78, 5) is 15.5. The van der Waals surface area contributed by atoms with Gasteiger partial charge in [0.2, 0.25) is 0 Å². The van der Waals surface area contributed by atoms with Crippen molar-refractivity contribution < 1.29 is 14.3 Å². The number of hydrogen-bond acceptors (Lipinski definition) is 4. The Kier molecular flexibility index (Phi) is 4.77. The molecule has 0 spiro atoms. The maximum Gasteiger partial charge on any atom is 0.163 e. The first-order chi connectivity index (χ1) is 9.49. The number of ketones is 1. The van der Waals surface area contributed by atoms with Crippen LogP contribution in [0, 0.1) is 5.82 Å². The molecule has 0 fully saturated rings. The molecule has 1 heterocycles. The minimum absolute atomic E-state index is 0.000636. The molecule has 0 aliphatic rings. The lowest BCUT2D eigenvalue weighted by atomic mass is 10.1. The van der Waals surface area contributed by atoms with Crippen LogP contribution in [0.3, 0.4) is 0 Å². The monoisotopic (exact) mass is 355 g/mol. The quantitative estimate of drug-likeness (QED) is 0.660. The van der Waals surface area contributed by atoms with Gasteiger partial charge in [-0.15, -0.1) is 11.8 Å². The molecule has 1 aromatic heterocycles. The van der Waals surface area contributed by atoms with E-state index in [2.05, 4.69) is 20.9 Å². The largest absolute Gasteiger partial charge is 0.507 e. The number of aromatic nitrogens is 1. The van der Waals surface area contributed by atoms with Crippen LogP contribution in [0.5, 0.6) is 5.75 Å². The number of hydrogen-bond donors (Lipinski definition) is 1. The molecule has 1 aromatic carbocycles. The highest BCUT2D eigenvalue weighted by Gasteiger charge is 2.14. The molecule has 0 atom stereocenters. The highest BCUT2D eigenvalue weighted by atomic mass is 79.9. The zero-order valence-corrected chi connectivity index (χ0v) is 13.0. The highest BCUT2D eigenvalue weighted by molar-refractivity contribution is 9.10. The van der Waals surface area contributed by atoms with Gasteiger partial charge in [-0.1, -0.05) is 0 Å². The molecular weight excluding hydrogens is 345 g/mol. The molecule has 0 amide bonds. The van der Waals surface area contributed by atoms with Crippen molar-refractivity contribution in [2.24, 2.45) is 0 Å². The number of carbonyl (C=O) groups excluding carboxylic acids is 1. The Hall–Kier alpha value is -1.40. The van der Waals surface area contributed by atoms with E-state index in [0.29, 0.717) is 11.3 Å². The van der Waals surface area contributed by atoms with Crippen LogP contribution >= 0.6 is 27.7 Å². The molecule has 0 aliphatic carbocycles. The van der Waals surface area contributed by atoms with E-state index >= 15 is 0 Å². The van der Waals surface area contributed by atoms with E-state index in [0.717, 1.165) is 15.6 Å². The zero-order valence-electron chi connectivity index (χ0n) is 10.6. The Morgan fingerprint density at radius 1 is 1.50 bits per heavy atom. The SMILES string of the molecule is CC(=O)c1cc(F)cc(CSc2ncccc2Br)c1O. The zero-order chi connectivity index (χ0) is 14.7. The second-order valence-corrected chi connectivity index (χ2v) is 5.91. The van der Waals surface area contributed by atoms with Gasteiger partial charge in [-0.2, -0.15) is 0 Å². The molecule has 3 nitrogen and oxygen atoms in total. The van der Waals surface area contributed by atoms with Gasteiger partial charge in [-0.3, -0.25) is 4.79 Å². The summed E-state index contributed by atoms with van der Waals surface area (Å²) < 4.78 is 14.3. The fourth-order valence-electron chi connectivity index (χ4n) is 1.66. The van der Waals surface area contributed by atoms with Crippen LogP contribution in [0.1, 0.15) is 22.8 Å². The highest BCUT2D eigenvalue weighted by Crippen LogP contribution is 2.32. The molecule has 0 saturated heterocycles. The molecule has 0 radical (unpaired) electrons. The van der Waals surface area contributed by atoms with E-state index in [4.69, 9.17) is 0 Å². The number of phenolic OH excluding ortho intramolecular Hbond substituents is 1. The number of Topliss-reactive ketones (excluding diaryl/α,β-unsaturated/α-hetero) is 1. The van der Waals surface area contributed by atoms with Gasteiger partial charge in [0, 0.05) is 22.0 Å². The van der Waals surface area contributed by atoms with Crippen molar-refractivity contribution in [2.45, 2.75) is 17.7 Å². The Labute approximate surface area is 128 Å². The molecule has 0 aliphatic heterocycles. The van der Waals surface area contributed by atoms with Crippen LogP contribution in [0.2, 0.25) is 0 Å². The molecule has 20 heavy (non-hydrogen) atoms. The summed E-state index contributed by atoms with van der Waals surface area (Å²) in [6.07, 6.45) is 1.65. The normalized spacial score (nSPS) is 10.6. The Balaban J connectivity index is 2.26. The fourth-order valence-corrected chi connectivity index (χ4v) is 3.11. The van der Waals surface area contributed by atoms with Gasteiger partial charge in [0.1, 0.15) is 16.6 Å². The summed E-state index contributed by atoms with van der Waals surface area (Å²) in [5.41, 5.74) is 0.374. The van der Waals surface area contributed by atoms with Crippen molar-refractivity contribution in [3.63, 3.8) is 0 Å². The molecule has 0 unspecified atom stereocenters. The number of aromatic hydroxyl groups is 1. The number of carbonyl (C=O) groups is 1. The van der Waals surface area contributed by atoms with Gasteiger partial charge in [0.05, 0.1) is 5.56 Å². The third-order valence-electron chi connectivity index (χ3n) is 2.62. The molecular formula is C14H11BrFNO2S. The number of rotatable bonds is 4. The van der Waals surface area contributed by atoms with Crippen LogP contribution in [0.15, 0.2) is 40.0 Å². The number of pyridine rings is 1. The predicted octanol–water partition coefficient (Wildman–Crippen LogP) is 4.18. The van der Waals surface area contributed by atoms with E-state index in [9.17, 15) is 14.3 Å². The van der Waals surface area contributed by atoms with Crippen molar-refractivity contribution in [3.8, 4) is 5.75 Å². The van der Waals surface area contributed by atoms with Crippen LogP contribution in [-0.4, -0.2) is 15.9 Å². The maximum absolute atomic E-state index is 13.5. The van der Waals surface area contributed by atoms with Crippen molar-refractivity contribution in [2.75, 3.05) is 0 Å². The molecule has 2 aromatic rings. The van der Waals surface area contributed by atoms with Crippen LogP contribution < -0.4 is 0 Å². The minimum atomic E-state index is -0.538. The number of phenols is 1. The van der Waals surface area contributed by atoms with Gasteiger partial charge >= 0.3 is 0 Å². The third kappa shape index (κ3) is 3.37. The minimum Gasteiger partial charge on any atom is -0.507 e. The van der Waals surface area contributed by atoms with E-state index in [-0.39, 0.29) is 17.1 Å². The molecule has 104 valence electrons.